The molecule has 484 valence electrons. The summed E-state index contributed by atoms with van der Waals surface area (Å²) in [5.74, 6) is -15.5. The molecule has 0 aromatic heterocycles. The number of carbonyl (C=O) groups is 14. The van der Waals surface area contributed by atoms with Crippen LogP contribution in [0.25, 0.3) is 0 Å². The Kier molecular flexibility index (Phi) is 42.7. The Labute approximate surface area is 494 Å². The van der Waals surface area contributed by atoms with Crippen molar-refractivity contribution in [1.29, 1.82) is 0 Å². The summed E-state index contributed by atoms with van der Waals surface area (Å²) >= 11 is 0. The number of rotatable bonds is 52. The highest BCUT2D eigenvalue weighted by molar-refractivity contribution is 5.90. The Bertz CT molecular complexity index is 2150. The van der Waals surface area contributed by atoms with Crippen molar-refractivity contribution in [2.75, 3.05) is 39.6 Å². The smallest absolute Gasteiger partial charge is 0.328 e. The van der Waals surface area contributed by atoms with Crippen molar-refractivity contribution in [3.8, 4) is 0 Å². The third-order valence-corrected chi connectivity index (χ3v) is 12.8. The summed E-state index contributed by atoms with van der Waals surface area (Å²) in [7, 11) is 0. The quantitative estimate of drug-likeness (QED) is 0.0302. The predicted molar refractivity (Wildman–Crippen MR) is 299 cm³/mol. The molecule has 0 bridgehead atoms. The monoisotopic (exact) mass is 1220 g/mol. The zero-order chi connectivity index (χ0) is 64.1. The van der Waals surface area contributed by atoms with Crippen LogP contribution < -0.4 is 37.2 Å². The second-order valence-electron chi connectivity index (χ2n) is 19.9. The van der Waals surface area contributed by atoms with Gasteiger partial charge in [0.1, 0.15) is 55.5 Å². The fraction of sp³-hybridized carbons (Fsp3) is 0.745. The maximum absolute atomic E-state index is 13.1. The van der Waals surface area contributed by atoms with E-state index in [2.05, 4.69) is 44.1 Å². The van der Waals surface area contributed by atoms with E-state index in [1.807, 2.05) is 0 Å². The largest absolute Gasteiger partial charge is 0.480 e. The van der Waals surface area contributed by atoms with E-state index >= 15 is 0 Å². The molecule has 0 aromatic rings. The molecule has 0 spiro atoms. The number of hydrogen-bond donors (Lipinski definition) is 12. The van der Waals surface area contributed by atoms with Crippen molar-refractivity contribution >= 4 is 83.1 Å². The van der Waals surface area contributed by atoms with Crippen molar-refractivity contribution in [2.24, 2.45) is 0 Å². The fourth-order valence-corrected chi connectivity index (χ4v) is 8.00. The summed E-state index contributed by atoms with van der Waals surface area (Å²) in [6.45, 7) is 6.80. The van der Waals surface area contributed by atoms with Crippen molar-refractivity contribution in [3.05, 3.63) is 0 Å². The fourth-order valence-electron chi connectivity index (χ4n) is 8.00. The molecule has 85 heavy (non-hydrogen) atoms. The van der Waals surface area contributed by atoms with Crippen LogP contribution in [0.3, 0.4) is 0 Å². The standard InChI is InChI=1S/C55H91N7O23/c1-5-8-9-10-11-12-13-14-15-16-17-18-42(63)57-36(50(72)73)19-25-44(65)58-38(52(76)77)22-28-48(69)62-41(55(81)85-34-32-83-7-3)24-30-46(67)60-37(51(74)75)20-26-45(66)59-39(53(78)79)21-27-47(68)61-40(54(80)84-33-31-82-6-2)23-29-43(64)56-35(4)49(70)71/h35-41H,5-34H2,1-4H3,(H,56,64)(H,57,63)(H,58,65)(H,59,66)(H,60,67)(H,61,68)(H,62,69)(H,70,71)(H,72,73)(H,74,75)(H,76,77)(H,78,79). The van der Waals surface area contributed by atoms with E-state index in [-0.39, 0.29) is 52.3 Å². The van der Waals surface area contributed by atoms with Crippen LogP contribution in [0.5, 0.6) is 0 Å². The number of unbranched alkanes of at least 4 members (excludes halogenated alkanes) is 10. The molecule has 0 aliphatic carbocycles. The van der Waals surface area contributed by atoms with Gasteiger partial charge in [0.25, 0.3) is 0 Å². The highest BCUT2D eigenvalue weighted by atomic mass is 16.6. The van der Waals surface area contributed by atoms with Crippen LogP contribution in [-0.4, -0.2) is 191 Å². The average molecular weight is 1220 g/mol. The lowest BCUT2D eigenvalue weighted by molar-refractivity contribution is -0.150. The van der Waals surface area contributed by atoms with Gasteiger partial charge in [-0.3, -0.25) is 38.4 Å². The summed E-state index contributed by atoms with van der Waals surface area (Å²) in [6.07, 6.45) is 5.54. The lowest BCUT2D eigenvalue weighted by atomic mass is 10.0. The van der Waals surface area contributed by atoms with Crippen LogP contribution in [0.2, 0.25) is 0 Å². The second kappa shape index (κ2) is 46.8. The van der Waals surface area contributed by atoms with Crippen LogP contribution in [0.4, 0.5) is 0 Å². The van der Waals surface area contributed by atoms with Crippen LogP contribution in [-0.2, 0) is 86.1 Å². The van der Waals surface area contributed by atoms with E-state index in [0.29, 0.717) is 13.0 Å². The Balaban J connectivity index is 5.47. The number of carbonyl (C=O) groups excluding carboxylic acids is 9. The molecule has 0 fully saturated rings. The lowest BCUT2D eigenvalue weighted by Crippen LogP contribution is -2.46. The van der Waals surface area contributed by atoms with Crippen molar-refractivity contribution in [3.63, 3.8) is 0 Å². The number of nitrogens with one attached hydrogen (secondary N) is 7. The van der Waals surface area contributed by atoms with E-state index < -0.39 is 190 Å². The van der Waals surface area contributed by atoms with Crippen LogP contribution in [0.1, 0.15) is 182 Å². The van der Waals surface area contributed by atoms with Gasteiger partial charge in [0.15, 0.2) is 0 Å². The van der Waals surface area contributed by atoms with E-state index in [1.54, 1.807) is 13.8 Å². The molecule has 0 saturated carbocycles. The first-order valence-corrected chi connectivity index (χ1v) is 29.0. The van der Waals surface area contributed by atoms with Gasteiger partial charge in [0.05, 0.1) is 13.2 Å². The van der Waals surface area contributed by atoms with Gasteiger partial charge in [-0.2, -0.15) is 0 Å². The molecule has 30 heteroatoms. The van der Waals surface area contributed by atoms with Gasteiger partial charge in [-0.1, -0.05) is 71.1 Å². The van der Waals surface area contributed by atoms with Crippen molar-refractivity contribution in [1.82, 2.24) is 37.2 Å². The van der Waals surface area contributed by atoms with Crippen LogP contribution in [0.15, 0.2) is 0 Å². The Morgan fingerprint density at radius 2 is 0.553 bits per heavy atom. The molecule has 0 radical (unpaired) electrons. The summed E-state index contributed by atoms with van der Waals surface area (Å²) in [6, 6.07) is -10.8. The van der Waals surface area contributed by atoms with Gasteiger partial charge in [-0.05, 0) is 65.7 Å². The molecular weight excluding hydrogens is 1130 g/mol. The van der Waals surface area contributed by atoms with Gasteiger partial charge in [-0.25, -0.2) is 28.8 Å². The minimum absolute atomic E-state index is 0.0114. The SMILES string of the molecule is CCCCCCCCCCCCCC(=O)NC(CCC(=O)NC(CCC(=O)NC(CCC(=O)NC(CCC(=O)NC(CCC(=O)NC(CCC(=O)NC(C)C(=O)O)C(=O)OCCOCC)C(=O)O)C(=O)O)C(=O)OCCOCC)C(=O)O)C(=O)O. The molecule has 0 aliphatic rings. The molecule has 0 rings (SSSR count). The molecule has 0 heterocycles. The Hall–Kier alpha value is -7.50. The van der Waals surface area contributed by atoms with Crippen LogP contribution in [0, 0.1) is 0 Å². The van der Waals surface area contributed by atoms with E-state index in [1.165, 1.54) is 45.4 Å². The van der Waals surface area contributed by atoms with E-state index in [4.69, 9.17) is 24.1 Å². The van der Waals surface area contributed by atoms with Gasteiger partial charge < -0.3 is 81.7 Å². The molecule has 0 aliphatic heterocycles. The lowest BCUT2D eigenvalue weighted by Gasteiger charge is -2.20. The summed E-state index contributed by atoms with van der Waals surface area (Å²) < 4.78 is 20.5. The normalized spacial score (nSPS) is 13.4. The number of carboxylic acids is 5. The number of amides is 7. The molecule has 30 nitrogen and oxygen atoms in total. The average Bonchev–Trinajstić information content (AvgIpc) is 3.54. The number of carboxylic acid groups (broad SMARTS) is 5. The Morgan fingerprint density at radius 1 is 0.306 bits per heavy atom. The summed E-state index contributed by atoms with van der Waals surface area (Å²) in [5, 5.41) is 64.0. The molecular formula is C55H91N7O23. The van der Waals surface area contributed by atoms with Gasteiger partial charge in [0.2, 0.25) is 41.4 Å². The van der Waals surface area contributed by atoms with Gasteiger partial charge in [0, 0.05) is 58.2 Å². The highest BCUT2D eigenvalue weighted by Gasteiger charge is 2.30. The number of esters is 2. The number of ether oxygens (including phenoxy) is 4. The highest BCUT2D eigenvalue weighted by Crippen LogP contribution is 2.13. The van der Waals surface area contributed by atoms with E-state index in [9.17, 15) is 87.5 Å². The molecule has 7 amide bonds. The van der Waals surface area contributed by atoms with E-state index in [0.717, 1.165) is 25.7 Å². The maximum Gasteiger partial charge on any atom is 0.328 e. The number of hydrogen-bond acceptors (Lipinski definition) is 18. The maximum atomic E-state index is 13.1. The first-order valence-electron chi connectivity index (χ1n) is 29.0. The third-order valence-electron chi connectivity index (χ3n) is 12.8. The minimum atomic E-state index is -1.75. The molecule has 12 N–H and O–H groups in total. The topological polar surface area (TPSA) is 461 Å². The summed E-state index contributed by atoms with van der Waals surface area (Å²) in [4.78, 5) is 175. The van der Waals surface area contributed by atoms with Gasteiger partial charge >= 0.3 is 41.8 Å². The molecule has 0 saturated heterocycles. The molecule has 0 aromatic carbocycles. The van der Waals surface area contributed by atoms with Crippen molar-refractivity contribution < 1.29 is 112 Å². The first kappa shape index (κ1) is 77.5. The third kappa shape index (κ3) is 39.6. The minimum Gasteiger partial charge on any atom is -0.480 e. The zero-order valence-corrected chi connectivity index (χ0v) is 49.3. The van der Waals surface area contributed by atoms with Gasteiger partial charge in [-0.15, -0.1) is 0 Å². The first-order chi connectivity index (χ1) is 40.3. The van der Waals surface area contributed by atoms with Crippen LogP contribution >= 0.6 is 0 Å². The predicted octanol–water partition coefficient (Wildman–Crippen LogP) is 1.36. The second-order valence-corrected chi connectivity index (χ2v) is 19.9. The summed E-state index contributed by atoms with van der Waals surface area (Å²) in [5.41, 5.74) is 0. The molecule has 7 atom stereocenters. The Morgan fingerprint density at radius 3 is 0.824 bits per heavy atom. The number of aliphatic carboxylic acids is 5. The zero-order valence-electron chi connectivity index (χ0n) is 49.3. The van der Waals surface area contributed by atoms with Crippen molar-refractivity contribution in [2.45, 2.75) is 224 Å². The molecule has 7 unspecified atom stereocenters.